The number of aryl methyl sites for hydroxylation is 3. The second-order valence-electron chi connectivity index (χ2n) is 8.69. The van der Waals surface area contributed by atoms with Crippen LogP contribution in [0.4, 0.5) is 5.13 Å². The zero-order chi connectivity index (χ0) is 24.4. The van der Waals surface area contributed by atoms with Gasteiger partial charge < -0.3 is 13.9 Å². The normalized spacial score (nSPS) is 16.3. The zero-order valence-corrected chi connectivity index (χ0v) is 20.0. The number of nitrogens with zero attached hydrogens (tertiary/aromatic N) is 2. The number of aliphatic hydroxyl groups excluding tert-OH is 1. The predicted octanol–water partition coefficient (Wildman–Crippen LogP) is 6.34. The summed E-state index contributed by atoms with van der Waals surface area (Å²) in [5.74, 6) is -0.927. The maximum atomic E-state index is 13.7. The van der Waals surface area contributed by atoms with Crippen molar-refractivity contribution in [2.24, 2.45) is 0 Å². The van der Waals surface area contributed by atoms with Gasteiger partial charge in [-0.05, 0) is 62.2 Å². The van der Waals surface area contributed by atoms with E-state index in [-0.39, 0.29) is 11.3 Å². The lowest BCUT2D eigenvalue weighted by Gasteiger charge is -2.22. The van der Waals surface area contributed by atoms with Gasteiger partial charge in [0.1, 0.15) is 23.1 Å². The number of para-hydroxylation sites is 1. The Morgan fingerprint density at radius 2 is 1.86 bits per heavy atom. The number of carbonyl (C=O) groups excluding carboxylic acids is 2. The molecule has 4 heterocycles. The predicted molar refractivity (Wildman–Crippen MR) is 133 cm³/mol. The average Bonchev–Trinajstić information content (AvgIpc) is 3.58. The molecule has 1 N–H and O–H groups in total. The Morgan fingerprint density at radius 3 is 2.60 bits per heavy atom. The fourth-order valence-electron chi connectivity index (χ4n) is 4.59. The molecule has 0 bridgehead atoms. The van der Waals surface area contributed by atoms with Crippen molar-refractivity contribution in [3.63, 3.8) is 0 Å². The highest BCUT2D eigenvalue weighted by atomic mass is 32.1. The number of thiazole rings is 1. The molecule has 1 aliphatic rings. The Kier molecular flexibility index (Phi) is 4.69. The smallest absolute Gasteiger partial charge is 0.296 e. The quantitative estimate of drug-likeness (QED) is 0.299. The van der Waals surface area contributed by atoms with E-state index in [0.717, 1.165) is 26.7 Å². The number of amides is 1. The van der Waals surface area contributed by atoms with Crippen LogP contribution in [0.3, 0.4) is 0 Å². The molecule has 0 saturated heterocycles. The summed E-state index contributed by atoms with van der Waals surface area (Å²) in [4.78, 5) is 33.1. The van der Waals surface area contributed by atoms with E-state index < -0.39 is 23.5 Å². The molecule has 174 valence electrons. The Labute approximate surface area is 203 Å². The molecule has 1 amide bonds. The van der Waals surface area contributed by atoms with Gasteiger partial charge in [0.15, 0.2) is 16.7 Å². The SMILES string of the molecule is Cc1cc(C)c2nc(N3C(=O)C(O)=C(C(=O)c4cc5ccccc5o4)C3c3ccc(C)o3)sc2c1. The first kappa shape index (κ1) is 21.4. The van der Waals surface area contributed by atoms with Gasteiger partial charge in [-0.3, -0.25) is 14.5 Å². The van der Waals surface area contributed by atoms with Crippen molar-refractivity contribution in [2.45, 2.75) is 26.8 Å². The number of aliphatic hydroxyl groups is 1. The van der Waals surface area contributed by atoms with Crippen molar-refractivity contribution in [3.05, 3.63) is 94.3 Å². The van der Waals surface area contributed by atoms with Crippen molar-refractivity contribution in [2.75, 3.05) is 4.90 Å². The zero-order valence-electron chi connectivity index (χ0n) is 19.2. The first-order chi connectivity index (χ1) is 16.8. The first-order valence-electron chi connectivity index (χ1n) is 11.1. The standard InChI is InChI=1S/C27H20N2O5S/c1-13-10-14(2)22-20(11-13)35-27(28-22)29-23(18-9-8-15(3)33-18)21(25(31)26(29)32)24(30)19-12-16-6-4-5-7-17(16)34-19/h4-12,23,31H,1-3H3. The van der Waals surface area contributed by atoms with Crippen LogP contribution in [0.5, 0.6) is 0 Å². The fourth-order valence-corrected chi connectivity index (χ4v) is 5.76. The fraction of sp³-hybridized carbons (Fsp3) is 0.148. The number of fused-ring (bicyclic) bond motifs is 2. The molecular weight excluding hydrogens is 464 g/mol. The summed E-state index contributed by atoms with van der Waals surface area (Å²) >= 11 is 1.33. The second kappa shape index (κ2) is 7.68. The van der Waals surface area contributed by atoms with Crippen molar-refractivity contribution in [1.29, 1.82) is 0 Å². The number of aromatic nitrogens is 1. The molecule has 6 rings (SSSR count). The molecular formula is C27H20N2O5S. The van der Waals surface area contributed by atoms with Crippen molar-refractivity contribution in [3.8, 4) is 0 Å². The summed E-state index contributed by atoms with van der Waals surface area (Å²) in [6.07, 6.45) is 0. The monoisotopic (exact) mass is 484 g/mol. The first-order valence-corrected chi connectivity index (χ1v) is 11.9. The summed E-state index contributed by atoms with van der Waals surface area (Å²) in [5.41, 5.74) is 3.28. The number of carbonyl (C=O) groups is 2. The minimum Gasteiger partial charge on any atom is -0.503 e. The second-order valence-corrected chi connectivity index (χ2v) is 9.70. The highest BCUT2D eigenvalue weighted by Crippen LogP contribution is 2.45. The number of benzene rings is 2. The topological polar surface area (TPSA) is 96.8 Å². The minimum absolute atomic E-state index is 0.0337. The number of Topliss-reactive ketones (excluding diaryl/α,β-unsaturated/α-hetero) is 1. The number of rotatable bonds is 4. The molecule has 7 nitrogen and oxygen atoms in total. The van der Waals surface area contributed by atoms with Gasteiger partial charge in [0.25, 0.3) is 5.91 Å². The molecule has 35 heavy (non-hydrogen) atoms. The number of anilines is 1. The number of ketones is 1. The maximum absolute atomic E-state index is 13.7. The van der Waals surface area contributed by atoms with Gasteiger partial charge in [0.2, 0.25) is 5.78 Å². The lowest BCUT2D eigenvalue weighted by atomic mass is 10.00. The average molecular weight is 485 g/mol. The molecule has 1 aliphatic heterocycles. The molecule has 2 aromatic carbocycles. The summed E-state index contributed by atoms with van der Waals surface area (Å²) in [5, 5.41) is 12.1. The van der Waals surface area contributed by atoms with Gasteiger partial charge in [-0.2, -0.15) is 0 Å². The molecule has 1 unspecified atom stereocenters. The van der Waals surface area contributed by atoms with E-state index in [4.69, 9.17) is 13.8 Å². The molecule has 5 aromatic rings. The van der Waals surface area contributed by atoms with E-state index in [1.807, 2.05) is 44.2 Å². The lowest BCUT2D eigenvalue weighted by molar-refractivity contribution is -0.117. The highest BCUT2D eigenvalue weighted by Gasteiger charge is 2.48. The van der Waals surface area contributed by atoms with Crippen LogP contribution in [0.25, 0.3) is 21.2 Å². The van der Waals surface area contributed by atoms with Crippen molar-refractivity contribution in [1.82, 2.24) is 4.98 Å². The molecule has 3 aromatic heterocycles. The Morgan fingerprint density at radius 1 is 1.06 bits per heavy atom. The Bertz CT molecular complexity index is 1670. The summed E-state index contributed by atoms with van der Waals surface area (Å²) < 4.78 is 12.5. The van der Waals surface area contributed by atoms with Crippen LogP contribution in [0.1, 0.15) is 39.2 Å². The number of furan rings is 2. The van der Waals surface area contributed by atoms with Crippen LogP contribution in [0.15, 0.2) is 74.8 Å². The Balaban J connectivity index is 1.51. The third kappa shape index (κ3) is 3.29. The van der Waals surface area contributed by atoms with Crippen LogP contribution in [0.2, 0.25) is 0 Å². The van der Waals surface area contributed by atoms with Gasteiger partial charge >= 0.3 is 0 Å². The van der Waals surface area contributed by atoms with E-state index in [1.165, 1.54) is 16.2 Å². The van der Waals surface area contributed by atoms with Gasteiger partial charge in [-0.25, -0.2) is 4.98 Å². The number of hydrogen-bond donors (Lipinski definition) is 1. The van der Waals surface area contributed by atoms with E-state index in [0.29, 0.717) is 22.2 Å². The van der Waals surface area contributed by atoms with Crippen LogP contribution >= 0.6 is 11.3 Å². The molecule has 0 radical (unpaired) electrons. The van der Waals surface area contributed by atoms with Gasteiger partial charge in [-0.1, -0.05) is 35.6 Å². The summed E-state index contributed by atoms with van der Waals surface area (Å²) in [7, 11) is 0. The third-order valence-corrected chi connectivity index (χ3v) is 7.16. The van der Waals surface area contributed by atoms with Crippen molar-refractivity contribution >= 4 is 49.3 Å². The van der Waals surface area contributed by atoms with E-state index in [9.17, 15) is 14.7 Å². The van der Waals surface area contributed by atoms with Gasteiger partial charge in [0, 0.05) is 5.39 Å². The minimum atomic E-state index is -0.987. The van der Waals surface area contributed by atoms with Crippen LogP contribution in [-0.4, -0.2) is 21.8 Å². The molecule has 0 spiro atoms. The van der Waals surface area contributed by atoms with E-state index >= 15 is 0 Å². The van der Waals surface area contributed by atoms with Crippen LogP contribution < -0.4 is 4.90 Å². The summed E-state index contributed by atoms with van der Waals surface area (Å²) in [6, 6.07) is 15.3. The Hall–Kier alpha value is -4.17. The van der Waals surface area contributed by atoms with E-state index in [2.05, 4.69) is 0 Å². The molecule has 8 heteroatoms. The maximum Gasteiger partial charge on any atom is 0.296 e. The highest BCUT2D eigenvalue weighted by molar-refractivity contribution is 7.22. The molecule has 0 aliphatic carbocycles. The number of hydrogen-bond acceptors (Lipinski definition) is 7. The van der Waals surface area contributed by atoms with Gasteiger partial charge in [0.05, 0.1) is 15.8 Å². The molecule has 1 atom stereocenters. The molecule has 0 fully saturated rings. The summed E-state index contributed by atoms with van der Waals surface area (Å²) in [6.45, 7) is 5.74. The lowest BCUT2D eigenvalue weighted by Crippen LogP contribution is -2.30. The van der Waals surface area contributed by atoms with E-state index in [1.54, 1.807) is 31.2 Å². The third-order valence-electron chi connectivity index (χ3n) is 6.16. The van der Waals surface area contributed by atoms with Gasteiger partial charge in [-0.15, -0.1) is 0 Å². The largest absolute Gasteiger partial charge is 0.503 e. The van der Waals surface area contributed by atoms with Crippen LogP contribution in [-0.2, 0) is 4.79 Å². The molecule has 0 saturated carbocycles. The van der Waals surface area contributed by atoms with Crippen molar-refractivity contribution < 1.29 is 23.5 Å². The van der Waals surface area contributed by atoms with Crippen LogP contribution in [0, 0.1) is 20.8 Å².